The molecule has 3 nitrogen and oxygen atoms in total. The monoisotopic (exact) mass is 229 g/mol. The Kier molecular flexibility index (Phi) is 3.01. The van der Waals surface area contributed by atoms with Gasteiger partial charge in [-0.1, -0.05) is 19.2 Å². The minimum atomic E-state index is -0.564. The highest BCUT2D eigenvalue weighted by Crippen LogP contribution is 2.15. The Morgan fingerprint density at radius 1 is 1.12 bits per heavy atom. The molecule has 1 N–H and O–H groups in total. The third-order valence-electron chi connectivity index (χ3n) is 2.34. The van der Waals surface area contributed by atoms with Crippen LogP contribution in [0.15, 0.2) is 36.7 Å². The number of rotatable bonds is 2. The number of pyridine rings is 2. The molecule has 0 bridgehead atoms. The maximum Gasteiger partial charge on any atom is 0.133 e. The standard InChI is InChI=1S/C12H13N2OSi/c1-16(2)11-4-3-7-13-12(11)10-6-5-9(15)8-14-10/h3-8,15H,1-2H3. The van der Waals surface area contributed by atoms with Gasteiger partial charge in [-0.25, -0.2) is 0 Å². The van der Waals surface area contributed by atoms with Gasteiger partial charge in [-0.3, -0.25) is 9.97 Å². The highest BCUT2D eigenvalue weighted by atomic mass is 28.3. The van der Waals surface area contributed by atoms with Crippen molar-refractivity contribution in [2.24, 2.45) is 0 Å². The molecule has 0 amide bonds. The zero-order valence-corrected chi connectivity index (χ0v) is 10.3. The van der Waals surface area contributed by atoms with Crippen LogP contribution >= 0.6 is 0 Å². The smallest absolute Gasteiger partial charge is 0.133 e. The number of hydrogen-bond donors (Lipinski definition) is 1. The number of aromatic nitrogens is 2. The lowest BCUT2D eigenvalue weighted by atomic mass is 10.2. The van der Waals surface area contributed by atoms with Gasteiger partial charge >= 0.3 is 0 Å². The summed E-state index contributed by atoms with van der Waals surface area (Å²) >= 11 is 0. The van der Waals surface area contributed by atoms with E-state index in [0.29, 0.717) is 0 Å². The Labute approximate surface area is 96.4 Å². The zero-order chi connectivity index (χ0) is 11.5. The van der Waals surface area contributed by atoms with Crippen LogP contribution in [0.3, 0.4) is 0 Å². The van der Waals surface area contributed by atoms with Crippen LogP contribution in [0.1, 0.15) is 0 Å². The average Bonchev–Trinajstić information content (AvgIpc) is 2.30. The second kappa shape index (κ2) is 4.45. The predicted octanol–water partition coefficient (Wildman–Crippen LogP) is 1.81. The number of aromatic hydroxyl groups is 1. The van der Waals surface area contributed by atoms with Crippen molar-refractivity contribution in [2.75, 3.05) is 0 Å². The summed E-state index contributed by atoms with van der Waals surface area (Å²) in [5.41, 5.74) is 1.75. The van der Waals surface area contributed by atoms with Gasteiger partial charge in [-0.05, 0) is 23.4 Å². The molecule has 0 spiro atoms. The maximum absolute atomic E-state index is 9.21. The van der Waals surface area contributed by atoms with Crippen molar-refractivity contribution in [3.63, 3.8) is 0 Å². The fourth-order valence-corrected chi connectivity index (χ4v) is 2.63. The molecule has 2 aromatic rings. The van der Waals surface area contributed by atoms with Gasteiger partial charge in [0.2, 0.25) is 0 Å². The summed E-state index contributed by atoms with van der Waals surface area (Å²) in [5.74, 6) is 0.180. The van der Waals surface area contributed by atoms with E-state index in [1.54, 1.807) is 18.3 Å². The van der Waals surface area contributed by atoms with E-state index in [-0.39, 0.29) is 5.75 Å². The summed E-state index contributed by atoms with van der Waals surface area (Å²) in [6, 6.07) is 7.49. The number of hydrogen-bond acceptors (Lipinski definition) is 3. The third kappa shape index (κ3) is 2.11. The molecule has 0 aliphatic carbocycles. The number of nitrogens with zero attached hydrogens (tertiary/aromatic N) is 2. The van der Waals surface area contributed by atoms with Gasteiger partial charge in [-0.2, -0.15) is 0 Å². The Morgan fingerprint density at radius 2 is 1.94 bits per heavy atom. The first kappa shape index (κ1) is 10.8. The van der Waals surface area contributed by atoms with Crippen LogP contribution in [0, 0.1) is 0 Å². The van der Waals surface area contributed by atoms with Crippen molar-refractivity contribution >= 4 is 14.0 Å². The van der Waals surface area contributed by atoms with Crippen LogP contribution in [0.4, 0.5) is 0 Å². The minimum Gasteiger partial charge on any atom is -0.506 e. The quantitative estimate of drug-likeness (QED) is 0.799. The first-order valence-corrected chi connectivity index (χ1v) is 7.59. The normalized spacial score (nSPS) is 10.7. The van der Waals surface area contributed by atoms with E-state index >= 15 is 0 Å². The van der Waals surface area contributed by atoms with Gasteiger partial charge in [0, 0.05) is 6.20 Å². The molecule has 2 aromatic heterocycles. The first-order chi connectivity index (χ1) is 7.68. The van der Waals surface area contributed by atoms with Gasteiger partial charge < -0.3 is 5.11 Å². The summed E-state index contributed by atoms with van der Waals surface area (Å²) in [5, 5.41) is 10.5. The van der Waals surface area contributed by atoms with Crippen LogP contribution in [0.2, 0.25) is 13.1 Å². The average molecular weight is 229 g/mol. The van der Waals surface area contributed by atoms with Crippen molar-refractivity contribution in [2.45, 2.75) is 13.1 Å². The summed E-state index contributed by atoms with van der Waals surface area (Å²) in [7, 11) is -0.564. The highest BCUT2D eigenvalue weighted by Gasteiger charge is 2.11. The molecule has 0 aliphatic heterocycles. The second-order valence-electron chi connectivity index (χ2n) is 3.80. The molecule has 0 saturated heterocycles. The molecule has 0 fully saturated rings. The van der Waals surface area contributed by atoms with Gasteiger partial charge in [0.25, 0.3) is 0 Å². The molecule has 2 rings (SSSR count). The molecule has 1 radical (unpaired) electrons. The van der Waals surface area contributed by atoms with Gasteiger partial charge in [0.05, 0.1) is 26.4 Å². The molecule has 0 aliphatic rings. The third-order valence-corrected chi connectivity index (χ3v) is 3.82. The van der Waals surface area contributed by atoms with Crippen LogP contribution in [-0.4, -0.2) is 23.9 Å². The van der Waals surface area contributed by atoms with E-state index in [1.165, 1.54) is 11.4 Å². The molecule has 0 saturated carbocycles. The lowest BCUT2D eigenvalue weighted by molar-refractivity contribution is 0.473. The minimum absolute atomic E-state index is 0.180. The van der Waals surface area contributed by atoms with E-state index in [1.807, 2.05) is 6.07 Å². The van der Waals surface area contributed by atoms with Crippen molar-refractivity contribution in [1.29, 1.82) is 0 Å². The van der Waals surface area contributed by atoms with E-state index in [9.17, 15) is 5.11 Å². The highest BCUT2D eigenvalue weighted by molar-refractivity contribution is 6.72. The van der Waals surface area contributed by atoms with Crippen LogP contribution in [-0.2, 0) is 0 Å². The summed E-state index contributed by atoms with van der Waals surface area (Å²) in [6.45, 7) is 4.46. The van der Waals surface area contributed by atoms with E-state index in [0.717, 1.165) is 11.4 Å². The molecule has 4 heteroatoms. The molecule has 16 heavy (non-hydrogen) atoms. The lowest BCUT2D eigenvalue weighted by Crippen LogP contribution is -2.25. The lowest BCUT2D eigenvalue weighted by Gasteiger charge is -2.09. The Bertz CT molecular complexity index is 483. The second-order valence-corrected chi connectivity index (χ2v) is 6.34. The van der Waals surface area contributed by atoms with Crippen molar-refractivity contribution in [1.82, 2.24) is 9.97 Å². The van der Waals surface area contributed by atoms with Crippen LogP contribution < -0.4 is 5.19 Å². The fraction of sp³-hybridized carbons (Fsp3) is 0.167. The van der Waals surface area contributed by atoms with Gasteiger partial charge in [0.15, 0.2) is 0 Å². The largest absolute Gasteiger partial charge is 0.506 e. The molecule has 81 valence electrons. The SMILES string of the molecule is C[Si](C)c1cccnc1-c1ccc(O)cn1. The molecule has 2 heterocycles. The Hall–Kier alpha value is -1.68. The van der Waals surface area contributed by atoms with Crippen molar-refractivity contribution in [3.8, 4) is 17.1 Å². The van der Waals surface area contributed by atoms with Crippen LogP contribution in [0.5, 0.6) is 5.75 Å². The topological polar surface area (TPSA) is 46.0 Å². The van der Waals surface area contributed by atoms with Crippen molar-refractivity contribution in [3.05, 3.63) is 36.7 Å². The van der Waals surface area contributed by atoms with Crippen LogP contribution in [0.25, 0.3) is 11.4 Å². The zero-order valence-electron chi connectivity index (χ0n) is 9.31. The van der Waals surface area contributed by atoms with E-state index < -0.39 is 8.80 Å². The molecule has 0 atom stereocenters. The van der Waals surface area contributed by atoms with Gasteiger partial charge in [-0.15, -0.1) is 0 Å². The molecule has 0 unspecified atom stereocenters. The summed E-state index contributed by atoms with van der Waals surface area (Å²) in [4.78, 5) is 8.58. The summed E-state index contributed by atoms with van der Waals surface area (Å²) in [6.07, 6.45) is 3.23. The molecular weight excluding hydrogens is 216 g/mol. The molecular formula is C12H13N2OSi. The van der Waals surface area contributed by atoms with Gasteiger partial charge in [0.1, 0.15) is 5.75 Å². The maximum atomic E-state index is 9.21. The molecule has 0 aromatic carbocycles. The van der Waals surface area contributed by atoms with Crippen molar-refractivity contribution < 1.29 is 5.11 Å². The van der Waals surface area contributed by atoms with E-state index in [2.05, 4.69) is 29.1 Å². The van der Waals surface area contributed by atoms with E-state index in [4.69, 9.17) is 0 Å². The summed E-state index contributed by atoms with van der Waals surface area (Å²) < 4.78 is 0. The first-order valence-electron chi connectivity index (χ1n) is 5.09. The Morgan fingerprint density at radius 3 is 2.56 bits per heavy atom. The Balaban J connectivity index is 2.51. The predicted molar refractivity (Wildman–Crippen MR) is 66.2 cm³/mol. The fourth-order valence-electron chi connectivity index (χ4n) is 1.54.